The lowest BCUT2D eigenvalue weighted by Crippen LogP contribution is -2.28. The van der Waals surface area contributed by atoms with E-state index in [2.05, 4.69) is 15.3 Å². The number of aromatic hydroxyl groups is 1. The van der Waals surface area contributed by atoms with Crippen LogP contribution in [-0.2, 0) is 17.8 Å². The van der Waals surface area contributed by atoms with E-state index in [1.54, 1.807) is 16.8 Å². The molecule has 1 amide bonds. The van der Waals surface area contributed by atoms with Crippen LogP contribution in [0.2, 0.25) is 0 Å². The summed E-state index contributed by atoms with van der Waals surface area (Å²) < 4.78 is 1.72. The van der Waals surface area contributed by atoms with E-state index in [0.29, 0.717) is 17.8 Å². The van der Waals surface area contributed by atoms with Gasteiger partial charge in [0, 0.05) is 30.8 Å². The van der Waals surface area contributed by atoms with Crippen LogP contribution in [0.15, 0.2) is 30.3 Å². The molecule has 6 heteroatoms. The number of amides is 1. The first-order valence-corrected chi connectivity index (χ1v) is 7.77. The summed E-state index contributed by atoms with van der Waals surface area (Å²) in [6.07, 6.45) is 0.785. The van der Waals surface area contributed by atoms with Crippen molar-refractivity contribution in [2.24, 2.45) is 0 Å². The maximum atomic E-state index is 11.9. The summed E-state index contributed by atoms with van der Waals surface area (Å²) in [6, 6.07) is 9.04. The fourth-order valence-electron chi connectivity index (χ4n) is 2.34. The predicted octanol–water partition coefficient (Wildman–Crippen LogP) is 1.50. The predicted molar refractivity (Wildman–Crippen MR) is 90.3 cm³/mol. The summed E-state index contributed by atoms with van der Waals surface area (Å²) in [5.41, 5.74) is 2.33. The molecule has 0 saturated carbocycles. The number of phenols is 1. The molecule has 1 aromatic carbocycles. The molecule has 124 valence electrons. The van der Waals surface area contributed by atoms with E-state index in [0.717, 1.165) is 18.7 Å². The molecular weight excluding hydrogens is 292 g/mol. The third kappa shape index (κ3) is 4.56. The molecule has 2 rings (SSSR count). The van der Waals surface area contributed by atoms with Crippen molar-refractivity contribution >= 4 is 5.91 Å². The molecule has 1 aromatic heterocycles. The number of nitrogens with zero attached hydrogens (tertiary/aromatic N) is 3. The third-order valence-electron chi connectivity index (χ3n) is 3.53. The quantitative estimate of drug-likeness (QED) is 0.812. The molecule has 23 heavy (non-hydrogen) atoms. The summed E-state index contributed by atoms with van der Waals surface area (Å²) in [7, 11) is 4.02. The highest BCUT2D eigenvalue weighted by atomic mass is 16.3. The van der Waals surface area contributed by atoms with Crippen molar-refractivity contribution in [3.05, 3.63) is 36.0 Å². The van der Waals surface area contributed by atoms with Crippen LogP contribution in [0, 0.1) is 0 Å². The van der Waals surface area contributed by atoms with Crippen molar-refractivity contribution in [3.63, 3.8) is 0 Å². The first-order valence-electron chi connectivity index (χ1n) is 7.77. The first kappa shape index (κ1) is 17.0. The molecule has 0 fully saturated rings. The lowest BCUT2D eigenvalue weighted by atomic mass is 10.1. The Morgan fingerprint density at radius 1 is 1.35 bits per heavy atom. The molecule has 0 saturated heterocycles. The fourth-order valence-corrected chi connectivity index (χ4v) is 2.34. The zero-order valence-electron chi connectivity index (χ0n) is 13.9. The zero-order chi connectivity index (χ0) is 16.8. The zero-order valence-corrected chi connectivity index (χ0v) is 13.9. The van der Waals surface area contributed by atoms with Gasteiger partial charge in [-0.3, -0.25) is 9.48 Å². The summed E-state index contributed by atoms with van der Waals surface area (Å²) >= 11 is 0. The van der Waals surface area contributed by atoms with Gasteiger partial charge in [0.15, 0.2) is 0 Å². The van der Waals surface area contributed by atoms with Crippen LogP contribution in [0.1, 0.15) is 12.6 Å². The van der Waals surface area contributed by atoms with Gasteiger partial charge in [0.1, 0.15) is 12.3 Å². The molecule has 2 aromatic rings. The van der Waals surface area contributed by atoms with E-state index in [-0.39, 0.29) is 18.2 Å². The highest BCUT2D eigenvalue weighted by molar-refractivity contribution is 5.76. The molecule has 2 N–H and O–H groups in total. The van der Waals surface area contributed by atoms with Crippen LogP contribution in [-0.4, -0.2) is 52.9 Å². The Morgan fingerprint density at radius 2 is 2.09 bits per heavy atom. The molecule has 0 aliphatic rings. The monoisotopic (exact) mass is 316 g/mol. The molecule has 0 spiro atoms. The molecule has 0 radical (unpaired) electrons. The molecule has 0 aliphatic heterocycles. The highest BCUT2D eigenvalue weighted by Crippen LogP contribution is 2.28. The Morgan fingerprint density at radius 3 is 2.74 bits per heavy atom. The number of carbonyl (C=O) groups excluding carboxylic acids is 1. The lowest BCUT2D eigenvalue weighted by Gasteiger charge is -2.11. The second kappa shape index (κ2) is 7.78. The van der Waals surface area contributed by atoms with Crippen molar-refractivity contribution in [1.82, 2.24) is 20.0 Å². The van der Waals surface area contributed by atoms with Crippen molar-refractivity contribution in [1.29, 1.82) is 0 Å². The second-order valence-electron chi connectivity index (χ2n) is 5.70. The molecule has 1 heterocycles. The number of hydrogen-bond donors (Lipinski definition) is 2. The van der Waals surface area contributed by atoms with Crippen molar-refractivity contribution in [3.8, 4) is 17.0 Å². The first-order chi connectivity index (χ1) is 11.0. The largest absolute Gasteiger partial charge is 0.507 e. The van der Waals surface area contributed by atoms with Gasteiger partial charge in [-0.25, -0.2) is 0 Å². The van der Waals surface area contributed by atoms with Gasteiger partial charge in [-0.2, -0.15) is 5.10 Å². The number of hydrogen-bond acceptors (Lipinski definition) is 4. The van der Waals surface area contributed by atoms with Crippen LogP contribution in [0.3, 0.4) is 0 Å². The molecule has 0 unspecified atom stereocenters. The normalized spacial score (nSPS) is 11.0. The van der Waals surface area contributed by atoms with Gasteiger partial charge in [0.2, 0.25) is 5.91 Å². The summed E-state index contributed by atoms with van der Waals surface area (Å²) in [5.74, 6) is 0.125. The molecule has 6 nitrogen and oxygen atoms in total. The van der Waals surface area contributed by atoms with Gasteiger partial charge in [-0.1, -0.05) is 12.1 Å². The third-order valence-corrected chi connectivity index (χ3v) is 3.53. The van der Waals surface area contributed by atoms with Gasteiger partial charge in [0.25, 0.3) is 0 Å². The minimum atomic E-state index is -0.0643. The highest BCUT2D eigenvalue weighted by Gasteiger charge is 2.14. The van der Waals surface area contributed by atoms with Crippen molar-refractivity contribution in [2.75, 3.05) is 27.2 Å². The molecule has 0 bridgehead atoms. The van der Waals surface area contributed by atoms with Crippen LogP contribution in [0.5, 0.6) is 5.75 Å². The van der Waals surface area contributed by atoms with Gasteiger partial charge in [-0.05, 0) is 39.2 Å². The van der Waals surface area contributed by atoms with E-state index in [1.165, 1.54) is 0 Å². The van der Waals surface area contributed by atoms with Gasteiger partial charge in [0.05, 0.1) is 5.69 Å². The van der Waals surface area contributed by atoms with Crippen LogP contribution < -0.4 is 5.32 Å². The number of likely N-dealkylation sites (N-methyl/N-ethyl adjacent to an activating group) is 2. The summed E-state index contributed by atoms with van der Waals surface area (Å²) in [4.78, 5) is 14.0. The Kier molecular flexibility index (Phi) is 5.76. The maximum absolute atomic E-state index is 11.9. The number of benzene rings is 1. The van der Waals surface area contributed by atoms with Crippen LogP contribution in [0.4, 0.5) is 0 Å². The Hall–Kier alpha value is -2.34. The number of phenolic OH excluding ortho intramolecular Hbond substituents is 1. The van der Waals surface area contributed by atoms with Crippen molar-refractivity contribution < 1.29 is 9.90 Å². The smallest absolute Gasteiger partial charge is 0.241 e. The molecular formula is C17H24N4O2. The summed E-state index contributed by atoms with van der Waals surface area (Å²) in [6.45, 7) is 3.53. The standard InChI is InChI=1S/C17H24N4O2/c1-4-18-17(23)12-21-13(9-10-20(2)3)11-15(19-21)14-7-5-6-8-16(14)22/h5-8,11,22H,4,9-10,12H2,1-3H3,(H,18,23). The molecule has 0 aliphatic carbocycles. The molecule has 0 atom stereocenters. The van der Waals surface area contributed by atoms with E-state index >= 15 is 0 Å². The topological polar surface area (TPSA) is 70.4 Å². The second-order valence-corrected chi connectivity index (χ2v) is 5.70. The summed E-state index contributed by atoms with van der Waals surface area (Å²) in [5, 5.41) is 17.3. The van der Waals surface area contributed by atoms with Gasteiger partial charge < -0.3 is 15.3 Å². The maximum Gasteiger partial charge on any atom is 0.241 e. The number of nitrogens with one attached hydrogen (secondary N) is 1. The minimum absolute atomic E-state index is 0.0643. The number of rotatable bonds is 7. The minimum Gasteiger partial charge on any atom is -0.507 e. The van der Waals surface area contributed by atoms with E-state index in [1.807, 2.05) is 39.2 Å². The SMILES string of the molecule is CCNC(=O)Cn1nc(-c2ccccc2O)cc1CCN(C)C. The Labute approximate surface area is 136 Å². The van der Waals surface area contributed by atoms with Gasteiger partial charge in [-0.15, -0.1) is 0 Å². The average Bonchev–Trinajstić information content (AvgIpc) is 2.88. The number of aromatic nitrogens is 2. The Bertz CT molecular complexity index is 664. The Balaban J connectivity index is 2.30. The van der Waals surface area contributed by atoms with Crippen molar-refractivity contribution in [2.45, 2.75) is 19.9 Å². The van der Waals surface area contributed by atoms with E-state index in [9.17, 15) is 9.90 Å². The van der Waals surface area contributed by atoms with E-state index < -0.39 is 0 Å². The van der Waals surface area contributed by atoms with Gasteiger partial charge >= 0.3 is 0 Å². The number of carbonyl (C=O) groups is 1. The van der Waals surface area contributed by atoms with E-state index in [4.69, 9.17) is 0 Å². The van der Waals surface area contributed by atoms with Crippen LogP contribution >= 0.6 is 0 Å². The number of para-hydroxylation sites is 1. The average molecular weight is 316 g/mol. The fraction of sp³-hybridized carbons (Fsp3) is 0.412. The lowest BCUT2D eigenvalue weighted by molar-refractivity contribution is -0.121. The van der Waals surface area contributed by atoms with Crippen LogP contribution in [0.25, 0.3) is 11.3 Å².